The van der Waals surface area contributed by atoms with Gasteiger partial charge in [0.15, 0.2) is 5.69 Å². The topological polar surface area (TPSA) is 70.5 Å². The number of rotatable bonds is 7. The lowest BCUT2D eigenvalue weighted by Crippen LogP contribution is -2.13. The fourth-order valence-electron chi connectivity index (χ4n) is 2.01. The van der Waals surface area contributed by atoms with Crippen LogP contribution in [0.15, 0.2) is 73.2 Å². The van der Waals surface area contributed by atoms with Gasteiger partial charge in [0.05, 0.1) is 0 Å². The average molecular weight is 336 g/mol. The standard InChI is InChI=1S/C19H16N2O4/c22-19(18-10-11-20-14-21-18)24-13-12-23-15-6-8-17(9-7-15)25-16-4-2-1-3-5-16/h1-11,14H,12-13H2. The molecule has 126 valence electrons. The molecule has 0 bridgehead atoms. The van der Waals surface area contributed by atoms with E-state index in [9.17, 15) is 4.79 Å². The fraction of sp³-hybridized carbons (Fsp3) is 0.105. The summed E-state index contributed by atoms with van der Waals surface area (Å²) < 4.78 is 16.3. The SMILES string of the molecule is O=C(OCCOc1ccc(Oc2ccccc2)cc1)c1ccncn1. The van der Waals surface area contributed by atoms with Gasteiger partial charge >= 0.3 is 5.97 Å². The van der Waals surface area contributed by atoms with E-state index in [0.717, 1.165) is 5.75 Å². The Kier molecular flexibility index (Phi) is 5.56. The molecule has 0 N–H and O–H groups in total. The summed E-state index contributed by atoms with van der Waals surface area (Å²) in [5.74, 6) is 1.65. The molecule has 1 heterocycles. The van der Waals surface area contributed by atoms with Crippen molar-refractivity contribution in [2.24, 2.45) is 0 Å². The van der Waals surface area contributed by atoms with E-state index in [0.29, 0.717) is 11.5 Å². The molecule has 1 aromatic heterocycles. The van der Waals surface area contributed by atoms with E-state index < -0.39 is 5.97 Å². The Labute approximate surface area is 145 Å². The smallest absolute Gasteiger partial charge is 0.357 e. The molecule has 3 rings (SSSR count). The molecule has 2 aromatic carbocycles. The lowest BCUT2D eigenvalue weighted by molar-refractivity contribution is 0.0443. The maximum absolute atomic E-state index is 11.7. The van der Waals surface area contributed by atoms with E-state index >= 15 is 0 Å². The Morgan fingerprint density at radius 1 is 0.840 bits per heavy atom. The zero-order valence-electron chi connectivity index (χ0n) is 13.4. The Hall–Kier alpha value is -3.41. The predicted molar refractivity (Wildman–Crippen MR) is 90.8 cm³/mol. The van der Waals surface area contributed by atoms with Crippen LogP contribution in [0.2, 0.25) is 0 Å². The molecule has 0 saturated heterocycles. The molecule has 0 saturated carbocycles. The van der Waals surface area contributed by atoms with Crippen molar-refractivity contribution in [2.45, 2.75) is 0 Å². The van der Waals surface area contributed by atoms with Crippen molar-refractivity contribution < 1.29 is 19.0 Å². The molecule has 0 spiro atoms. The third-order valence-electron chi connectivity index (χ3n) is 3.18. The summed E-state index contributed by atoms with van der Waals surface area (Å²) in [6, 6.07) is 18.2. The van der Waals surface area contributed by atoms with Crippen LogP contribution < -0.4 is 9.47 Å². The number of benzene rings is 2. The van der Waals surface area contributed by atoms with Crippen LogP contribution in [0.1, 0.15) is 10.5 Å². The summed E-state index contributed by atoms with van der Waals surface area (Å²) in [7, 11) is 0. The highest BCUT2D eigenvalue weighted by Gasteiger charge is 2.07. The molecule has 0 aliphatic heterocycles. The first-order valence-electron chi connectivity index (χ1n) is 7.70. The molecule has 6 nitrogen and oxygen atoms in total. The summed E-state index contributed by atoms with van der Waals surface area (Å²) in [5.41, 5.74) is 0.220. The van der Waals surface area contributed by atoms with Gasteiger partial charge in [0, 0.05) is 6.20 Å². The molecule has 0 radical (unpaired) electrons. The minimum atomic E-state index is -0.502. The second-order valence-electron chi connectivity index (χ2n) is 4.97. The van der Waals surface area contributed by atoms with Crippen molar-refractivity contribution in [2.75, 3.05) is 13.2 Å². The van der Waals surface area contributed by atoms with Crippen molar-refractivity contribution in [3.63, 3.8) is 0 Å². The van der Waals surface area contributed by atoms with Gasteiger partial charge in [-0.2, -0.15) is 0 Å². The number of para-hydroxylation sites is 1. The number of nitrogens with zero attached hydrogens (tertiary/aromatic N) is 2. The molecule has 6 heteroatoms. The maximum Gasteiger partial charge on any atom is 0.357 e. The number of esters is 1. The number of hydrogen-bond donors (Lipinski definition) is 0. The van der Waals surface area contributed by atoms with Crippen LogP contribution in [-0.4, -0.2) is 29.2 Å². The lowest BCUT2D eigenvalue weighted by atomic mass is 10.3. The van der Waals surface area contributed by atoms with Gasteiger partial charge in [0.25, 0.3) is 0 Å². The van der Waals surface area contributed by atoms with Crippen molar-refractivity contribution in [3.05, 3.63) is 78.9 Å². The third-order valence-corrected chi connectivity index (χ3v) is 3.18. The zero-order valence-corrected chi connectivity index (χ0v) is 13.4. The Morgan fingerprint density at radius 2 is 1.56 bits per heavy atom. The van der Waals surface area contributed by atoms with Crippen LogP contribution in [0.3, 0.4) is 0 Å². The van der Waals surface area contributed by atoms with E-state index in [1.165, 1.54) is 18.6 Å². The van der Waals surface area contributed by atoms with E-state index in [-0.39, 0.29) is 18.9 Å². The van der Waals surface area contributed by atoms with Gasteiger partial charge in [-0.05, 0) is 42.5 Å². The normalized spacial score (nSPS) is 10.1. The number of hydrogen-bond acceptors (Lipinski definition) is 6. The van der Waals surface area contributed by atoms with E-state index in [4.69, 9.17) is 14.2 Å². The summed E-state index contributed by atoms with van der Waals surface area (Å²) >= 11 is 0. The highest BCUT2D eigenvalue weighted by Crippen LogP contribution is 2.23. The van der Waals surface area contributed by atoms with Crippen molar-refractivity contribution in [1.29, 1.82) is 0 Å². The highest BCUT2D eigenvalue weighted by molar-refractivity contribution is 5.86. The van der Waals surface area contributed by atoms with Gasteiger partial charge in [0.2, 0.25) is 0 Å². The molecule has 0 atom stereocenters. The molecule has 25 heavy (non-hydrogen) atoms. The molecule has 0 unspecified atom stereocenters. The second kappa shape index (κ2) is 8.44. The van der Waals surface area contributed by atoms with Crippen LogP contribution in [0.4, 0.5) is 0 Å². The lowest BCUT2D eigenvalue weighted by Gasteiger charge is -2.09. The first-order chi connectivity index (χ1) is 12.3. The Balaban J connectivity index is 1.42. The first-order valence-corrected chi connectivity index (χ1v) is 7.70. The zero-order chi connectivity index (χ0) is 17.3. The molecule has 0 fully saturated rings. The summed E-state index contributed by atoms with van der Waals surface area (Å²) in [6.07, 6.45) is 2.78. The third kappa shape index (κ3) is 5.04. The van der Waals surface area contributed by atoms with Gasteiger partial charge in [-0.3, -0.25) is 0 Å². The van der Waals surface area contributed by atoms with Crippen molar-refractivity contribution in [3.8, 4) is 17.2 Å². The number of carbonyl (C=O) groups excluding carboxylic acids is 1. The van der Waals surface area contributed by atoms with Gasteiger partial charge in [-0.1, -0.05) is 18.2 Å². The van der Waals surface area contributed by atoms with Crippen LogP contribution in [0, 0.1) is 0 Å². The quantitative estimate of drug-likeness (QED) is 0.486. The van der Waals surface area contributed by atoms with E-state index in [2.05, 4.69) is 9.97 Å². The Bertz CT molecular complexity index is 793. The molecular formula is C19H16N2O4. The molecule has 3 aromatic rings. The number of ether oxygens (including phenoxy) is 3. The fourth-order valence-corrected chi connectivity index (χ4v) is 2.01. The van der Waals surface area contributed by atoms with Crippen LogP contribution in [0.25, 0.3) is 0 Å². The Morgan fingerprint density at radius 3 is 2.28 bits per heavy atom. The predicted octanol–water partition coefficient (Wildman–Crippen LogP) is 3.50. The van der Waals surface area contributed by atoms with Gasteiger partial charge in [0.1, 0.15) is 36.8 Å². The van der Waals surface area contributed by atoms with E-state index in [1.54, 1.807) is 12.1 Å². The van der Waals surface area contributed by atoms with Crippen molar-refractivity contribution in [1.82, 2.24) is 9.97 Å². The molecule has 0 amide bonds. The minimum Gasteiger partial charge on any atom is -0.490 e. The van der Waals surface area contributed by atoms with E-state index in [1.807, 2.05) is 42.5 Å². The van der Waals surface area contributed by atoms with Gasteiger partial charge < -0.3 is 14.2 Å². The monoisotopic (exact) mass is 336 g/mol. The summed E-state index contributed by atoms with van der Waals surface area (Å²) in [4.78, 5) is 19.3. The maximum atomic E-state index is 11.7. The highest BCUT2D eigenvalue weighted by atomic mass is 16.6. The average Bonchev–Trinajstić information content (AvgIpc) is 2.68. The molecular weight excluding hydrogens is 320 g/mol. The first kappa shape index (κ1) is 16.4. The van der Waals surface area contributed by atoms with Crippen LogP contribution in [-0.2, 0) is 4.74 Å². The molecule has 0 aliphatic rings. The largest absolute Gasteiger partial charge is 0.490 e. The summed E-state index contributed by atoms with van der Waals surface area (Å²) in [6.45, 7) is 0.376. The second-order valence-corrected chi connectivity index (χ2v) is 4.97. The van der Waals surface area contributed by atoms with Gasteiger partial charge in [-0.25, -0.2) is 14.8 Å². The number of carbonyl (C=O) groups is 1. The number of aromatic nitrogens is 2. The van der Waals surface area contributed by atoms with Gasteiger partial charge in [-0.15, -0.1) is 0 Å². The van der Waals surface area contributed by atoms with Crippen LogP contribution in [0.5, 0.6) is 17.2 Å². The minimum absolute atomic E-state index is 0.130. The summed E-state index contributed by atoms with van der Waals surface area (Å²) in [5, 5.41) is 0. The molecule has 0 aliphatic carbocycles. The van der Waals surface area contributed by atoms with Crippen LogP contribution >= 0.6 is 0 Å². The van der Waals surface area contributed by atoms with Crippen molar-refractivity contribution >= 4 is 5.97 Å².